The van der Waals surface area contributed by atoms with Gasteiger partial charge in [-0.1, -0.05) is 15.9 Å². The Morgan fingerprint density at radius 3 is 2.75 bits per heavy atom. The van der Waals surface area contributed by atoms with Crippen molar-refractivity contribution >= 4 is 21.6 Å². The van der Waals surface area contributed by atoms with Gasteiger partial charge in [0.05, 0.1) is 6.61 Å². The van der Waals surface area contributed by atoms with Crippen LogP contribution in [0.4, 0.5) is 5.69 Å². The summed E-state index contributed by atoms with van der Waals surface area (Å²) in [6, 6.07) is 5.70. The summed E-state index contributed by atoms with van der Waals surface area (Å²) < 4.78 is 6.73. The Kier molecular flexibility index (Phi) is 4.07. The molecular formula is C12H17BrN2O. The Morgan fingerprint density at radius 2 is 2.06 bits per heavy atom. The lowest BCUT2D eigenvalue weighted by molar-refractivity contribution is 0.215. The van der Waals surface area contributed by atoms with Gasteiger partial charge in [-0.3, -0.25) is 0 Å². The van der Waals surface area contributed by atoms with E-state index in [1.54, 1.807) is 0 Å². The molecular weight excluding hydrogens is 268 g/mol. The van der Waals surface area contributed by atoms with Crippen LogP contribution in [0.15, 0.2) is 22.7 Å². The second kappa shape index (κ2) is 5.55. The van der Waals surface area contributed by atoms with Crippen molar-refractivity contribution in [3.8, 4) is 5.75 Å². The maximum absolute atomic E-state index is 5.77. The summed E-state index contributed by atoms with van der Waals surface area (Å²) in [4.78, 5) is 0. The van der Waals surface area contributed by atoms with Gasteiger partial charge >= 0.3 is 0 Å². The molecule has 1 heterocycles. The first-order valence-corrected chi connectivity index (χ1v) is 6.43. The number of nitrogens with one attached hydrogen (secondary N) is 1. The Balaban J connectivity index is 1.88. The maximum Gasteiger partial charge on any atom is 0.122 e. The molecule has 3 nitrogen and oxygen atoms in total. The van der Waals surface area contributed by atoms with Crippen molar-refractivity contribution in [3.63, 3.8) is 0 Å². The number of nitrogens with two attached hydrogens (primary N) is 1. The summed E-state index contributed by atoms with van der Waals surface area (Å²) in [5.41, 5.74) is 6.48. The lowest BCUT2D eigenvalue weighted by Gasteiger charge is -2.22. The fourth-order valence-electron chi connectivity index (χ4n) is 1.93. The fourth-order valence-corrected chi connectivity index (χ4v) is 2.42. The quantitative estimate of drug-likeness (QED) is 0.838. The molecule has 0 bridgehead atoms. The van der Waals surface area contributed by atoms with Crippen LogP contribution in [0.25, 0.3) is 0 Å². The number of ether oxygens (including phenoxy) is 1. The molecule has 2 rings (SSSR count). The highest BCUT2D eigenvalue weighted by Crippen LogP contribution is 2.24. The smallest absolute Gasteiger partial charge is 0.122 e. The van der Waals surface area contributed by atoms with Crippen LogP contribution in [0.1, 0.15) is 12.8 Å². The molecule has 1 aromatic carbocycles. The predicted molar refractivity (Wildman–Crippen MR) is 69.6 cm³/mol. The van der Waals surface area contributed by atoms with Crippen LogP contribution in [0.2, 0.25) is 0 Å². The molecule has 1 aliphatic heterocycles. The molecule has 16 heavy (non-hydrogen) atoms. The van der Waals surface area contributed by atoms with Gasteiger partial charge in [-0.2, -0.15) is 0 Å². The summed E-state index contributed by atoms with van der Waals surface area (Å²) in [6.45, 7) is 3.00. The minimum atomic E-state index is 0.668. The van der Waals surface area contributed by atoms with E-state index in [0.717, 1.165) is 35.6 Å². The van der Waals surface area contributed by atoms with E-state index in [1.807, 2.05) is 18.2 Å². The van der Waals surface area contributed by atoms with Crippen molar-refractivity contribution in [3.05, 3.63) is 22.7 Å². The monoisotopic (exact) mass is 284 g/mol. The Bertz CT molecular complexity index is 331. The molecule has 0 atom stereocenters. The van der Waals surface area contributed by atoms with Gasteiger partial charge in [0.25, 0.3) is 0 Å². The van der Waals surface area contributed by atoms with Crippen LogP contribution in [-0.2, 0) is 0 Å². The van der Waals surface area contributed by atoms with Crippen LogP contribution in [0.5, 0.6) is 5.75 Å². The maximum atomic E-state index is 5.77. The average Bonchev–Trinajstić information content (AvgIpc) is 2.27. The number of benzene rings is 1. The van der Waals surface area contributed by atoms with E-state index in [2.05, 4.69) is 21.2 Å². The Morgan fingerprint density at radius 1 is 1.31 bits per heavy atom. The van der Waals surface area contributed by atoms with E-state index in [-0.39, 0.29) is 0 Å². The van der Waals surface area contributed by atoms with Crippen LogP contribution < -0.4 is 15.8 Å². The average molecular weight is 285 g/mol. The summed E-state index contributed by atoms with van der Waals surface area (Å²) >= 11 is 3.41. The lowest BCUT2D eigenvalue weighted by Crippen LogP contribution is -2.30. The normalized spacial score (nSPS) is 17.3. The fraction of sp³-hybridized carbons (Fsp3) is 0.500. The number of anilines is 1. The molecule has 1 saturated heterocycles. The zero-order chi connectivity index (χ0) is 11.4. The first kappa shape index (κ1) is 11.7. The van der Waals surface area contributed by atoms with E-state index in [1.165, 1.54) is 12.8 Å². The van der Waals surface area contributed by atoms with E-state index in [9.17, 15) is 0 Å². The number of rotatable bonds is 3. The van der Waals surface area contributed by atoms with Crippen molar-refractivity contribution in [1.29, 1.82) is 0 Å². The zero-order valence-corrected chi connectivity index (χ0v) is 10.8. The predicted octanol–water partition coefficient (Wildman–Crippen LogP) is 2.41. The molecule has 1 aliphatic rings. The van der Waals surface area contributed by atoms with Gasteiger partial charge in [0.15, 0.2) is 0 Å². The summed E-state index contributed by atoms with van der Waals surface area (Å²) in [7, 11) is 0. The molecule has 3 N–H and O–H groups in total. The van der Waals surface area contributed by atoms with E-state index < -0.39 is 0 Å². The lowest BCUT2D eigenvalue weighted by atomic mass is 9.99. The largest absolute Gasteiger partial charge is 0.493 e. The van der Waals surface area contributed by atoms with E-state index in [0.29, 0.717) is 5.92 Å². The highest BCUT2D eigenvalue weighted by atomic mass is 79.9. The molecule has 0 amide bonds. The number of halogens is 1. The van der Waals surface area contributed by atoms with Crippen LogP contribution in [-0.4, -0.2) is 19.7 Å². The van der Waals surface area contributed by atoms with Crippen molar-refractivity contribution in [1.82, 2.24) is 5.32 Å². The number of piperidine rings is 1. The van der Waals surface area contributed by atoms with Crippen molar-refractivity contribution < 1.29 is 4.74 Å². The summed E-state index contributed by atoms with van der Waals surface area (Å²) in [5.74, 6) is 1.52. The van der Waals surface area contributed by atoms with E-state index >= 15 is 0 Å². The molecule has 88 valence electrons. The number of hydrogen-bond acceptors (Lipinski definition) is 3. The minimum Gasteiger partial charge on any atom is -0.493 e. The first-order valence-electron chi connectivity index (χ1n) is 5.63. The summed E-state index contributed by atoms with van der Waals surface area (Å²) in [5, 5.41) is 3.35. The highest BCUT2D eigenvalue weighted by molar-refractivity contribution is 9.10. The molecule has 1 aromatic rings. The van der Waals surface area contributed by atoms with Crippen molar-refractivity contribution in [2.45, 2.75) is 12.8 Å². The standard InChI is InChI=1S/C12H17BrN2O/c13-10-5-11(14)7-12(6-10)16-8-9-1-3-15-4-2-9/h5-7,9,15H,1-4,8,14H2. The second-order valence-corrected chi connectivity index (χ2v) is 5.14. The first-order chi connectivity index (χ1) is 7.74. The Labute approximate surface area is 104 Å². The molecule has 4 heteroatoms. The zero-order valence-electron chi connectivity index (χ0n) is 9.21. The van der Waals surface area contributed by atoms with Crippen LogP contribution in [0, 0.1) is 5.92 Å². The van der Waals surface area contributed by atoms with Gasteiger partial charge in [-0.05, 0) is 44.0 Å². The second-order valence-electron chi connectivity index (χ2n) is 4.22. The Hall–Kier alpha value is -0.740. The molecule has 0 spiro atoms. The SMILES string of the molecule is Nc1cc(Br)cc(OCC2CCNCC2)c1. The van der Waals surface area contributed by atoms with Gasteiger partial charge < -0.3 is 15.8 Å². The van der Waals surface area contributed by atoms with Gasteiger partial charge in [-0.25, -0.2) is 0 Å². The molecule has 0 aliphatic carbocycles. The van der Waals surface area contributed by atoms with Gasteiger partial charge in [0.1, 0.15) is 5.75 Å². The van der Waals surface area contributed by atoms with Gasteiger partial charge in [-0.15, -0.1) is 0 Å². The van der Waals surface area contributed by atoms with Crippen LogP contribution >= 0.6 is 15.9 Å². The third kappa shape index (κ3) is 3.39. The van der Waals surface area contributed by atoms with Crippen molar-refractivity contribution in [2.75, 3.05) is 25.4 Å². The topological polar surface area (TPSA) is 47.3 Å². The van der Waals surface area contributed by atoms with Crippen molar-refractivity contribution in [2.24, 2.45) is 5.92 Å². The summed E-state index contributed by atoms with van der Waals surface area (Å²) in [6.07, 6.45) is 2.40. The highest BCUT2D eigenvalue weighted by Gasteiger charge is 2.13. The molecule has 0 saturated carbocycles. The number of nitrogen functional groups attached to an aromatic ring is 1. The van der Waals surface area contributed by atoms with Crippen LogP contribution in [0.3, 0.4) is 0 Å². The molecule has 0 aromatic heterocycles. The third-order valence-electron chi connectivity index (χ3n) is 2.84. The van der Waals surface area contributed by atoms with E-state index in [4.69, 9.17) is 10.5 Å². The third-order valence-corrected chi connectivity index (χ3v) is 3.30. The molecule has 0 unspecified atom stereocenters. The van der Waals surface area contributed by atoms with Gasteiger partial charge in [0.2, 0.25) is 0 Å². The number of hydrogen-bond donors (Lipinski definition) is 2. The molecule has 0 radical (unpaired) electrons. The molecule has 1 fully saturated rings. The van der Waals surface area contributed by atoms with Gasteiger partial charge in [0, 0.05) is 16.2 Å². The minimum absolute atomic E-state index is 0.668.